The van der Waals surface area contributed by atoms with Gasteiger partial charge in [-0.25, -0.2) is 4.79 Å². The Morgan fingerprint density at radius 3 is 2.38 bits per heavy atom. The number of ether oxygens (including phenoxy) is 1. The highest BCUT2D eigenvalue weighted by molar-refractivity contribution is 8.09. The van der Waals surface area contributed by atoms with Gasteiger partial charge in [-0.05, 0) is 38.8 Å². The predicted octanol–water partition coefficient (Wildman–Crippen LogP) is 3.60. The molecule has 0 N–H and O–H groups in total. The minimum atomic E-state index is -0.632. The van der Waals surface area contributed by atoms with E-state index in [4.69, 9.17) is 21.1 Å². The van der Waals surface area contributed by atoms with E-state index in [2.05, 4.69) is 0 Å². The third-order valence-corrected chi connectivity index (χ3v) is 4.47. The van der Waals surface area contributed by atoms with Gasteiger partial charge in [-0.1, -0.05) is 30.4 Å². The van der Waals surface area contributed by atoms with Crippen molar-refractivity contribution in [3.63, 3.8) is 0 Å². The van der Waals surface area contributed by atoms with Crippen LogP contribution in [0.3, 0.4) is 0 Å². The van der Waals surface area contributed by atoms with Gasteiger partial charge in [-0.15, -0.1) is 0 Å². The molecule has 0 spiro atoms. The van der Waals surface area contributed by atoms with Crippen molar-refractivity contribution in [2.24, 2.45) is 0 Å². The van der Waals surface area contributed by atoms with Crippen LogP contribution in [0.4, 0.5) is 5.69 Å². The lowest BCUT2D eigenvalue weighted by Crippen LogP contribution is -2.44. The first-order chi connectivity index (χ1) is 11.3. The molecular formula is C17H23NO4S2. The summed E-state index contributed by atoms with van der Waals surface area (Å²) in [6.07, 6.45) is 0.00904. The molecule has 0 radical (unpaired) electrons. The van der Waals surface area contributed by atoms with Crippen LogP contribution in [-0.4, -0.2) is 35.8 Å². The van der Waals surface area contributed by atoms with E-state index in [0.717, 1.165) is 28.9 Å². The monoisotopic (exact) mass is 369 g/mol. The molecule has 0 saturated heterocycles. The van der Waals surface area contributed by atoms with E-state index in [9.17, 15) is 9.59 Å². The number of nitrogens with zero attached hydrogens (tertiary/aromatic N) is 1. The van der Waals surface area contributed by atoms with E-state index < -0.39 is 12.0 Å². The zero-order valence-corrected chi connectivity index (χ0v) is 16.3. The van der Waals surface area contributed by atoms with Crippen LogP contribution in [-0.2, 0) is 18.5 Å². The number of rotatable bonds is 7. The molecule has 0 aliphatic carbocycles. The number of hydrogen-bond acceptors (Lipinski definition) is 6. The summed E-state index contributed by atoms with van der Waals surface area (Å²) in [5.41, 5.74) is 2.77. The zero-order chi connectivity index (χ0) is 18.3. The first-order valence-electron chi connectivity index (χ1n) is 7.61. The lowest BCUT2D eigenvalue weighted by molar-refractivity contribution is -0.141. The molecule has 0 bridgehead atoms. The molecule has 5 nitrogen and oxygen atoms in total. The maximum absolute atomic E-state index is 12.1. The quantitative estimate of drug-likeness (QED) is 0.413. The van der Waals surface area contributed by atoms with Gasteiger partial charge in [-0.2, -0.15) is 0 Å². The fraction of sp³-hybridized carbons (Fsp3) is 0.471. The standard InChI is InChI=1S/C17H23NO4S2/c1-6-22-24-15(19)10-14(23)18(13(4)17(20)21-5)16-11(2)8-7-9-12(16)3/h7-9,13H,6,10H2,1-5H3. The van der Waals surface area contributed by atoms with Crippen molar-refractivity contribution < 1.29 is 18.5 Å². The Morgan fingerprint density at radius 2 is 1.88 bits per heavy atom. The van der Waals surface area contributed by atoms with Crippen molar-refractivity contribution in [2.45, 2.75) is 40.2 Å². The van der Waals surface area contributed by atoms with Gasteiger partial charge in [0.2, 0.25) is 5.12 Å². The molecule has 1 unspecified atom stereocenters. The molecule has 1 aromatic rings. The highest BCUT2D eigenvalue weighted by Crippen LogP contribution is 2.28. The lowest BCUT2D eigenvalue weighted by Gasteiger charge is -2.32. The minimum Gasteiger partial charge on any atom is -0.467 e. The Bertz CT molecular complexity index is 598. The van der Waals surface area contributed by atoms with Crippen molar-refractivity contribution in [3.05, 3.63) is 29.3 Å². The first kappa shape index (κ1) is 20.6. The second-order valence-electron chi connectivity index (χ2n) is 5.24. The van der Waals surface area contributed by atoms with Crippen LogP contribution in [0.1, 0.15) is 31.4 Å². The van der Waals surface area contributed by atoms with E-state index in [1.807, 2.05) is 32.0 Å². The molecule has 0 aliphatic rings. The smallest absolute Gasteiger partial charge is 0.328 e. The van der Waals surface area contributed by atoms with Gasteiger partial charge < -0.3 is 13.8 Å². The molecule has 1 atom stereocenters. The molecule has 0 aromatic heterocycles. The van der Waals surface area contributed by atoms with Crippen LogP contribution < -0.4 is 4.90 Å². The summed E-state index contributed by atoms with van der Waals surface area (Å²) >= 11 is 6.26. The van der Waals surface area contributed by atoms with Crippen LogP contribution in [0.15, 0.2) is 18.2 Å². The number of para-hydroxylation sites is 1. The first-order valence-corrected chi connectivity index (χ1v) is 8.76. The molecule has 0 fully saturated rings. The molecular weight excluding hydrogens is 346 g/mol. The summed E-state index contributed by atoms with van der Waals surface area (Å²) in [6, 6.07) is 5.19. The van der Waals surface area contributed by atoms with E-state index >= 15 is 0 Å². The summed E-state index contributed by atoms with van der Waals surface area (Å²) < 4.78 is 9.91. The van der Waals surface area contributed by atoms with Gasteiger partial charge in [0.25, 0.3) is 0 Å². The Kier molecular flexibility index (Phi) is 8.38. The predicted molar refractivity (Wildman–Crippen MR) is 101 cm³/mol. The van der Waals surface area contributed by atoms with Gasteiger partial charge in [0.15, 0.2) is 0 Å². The van der Waals surface area contributed by atoms with Crippen LogP contribution >= 0.6 is 24.3 Å². The number of esters is 1. The maximum Gasteiger partial charge on any atom is 0.328 e. The Balaban J connectivity index is 3.17. The normalized spacial score (nSPS) is 11.7. The number of carbonyl (C=O) groups is 2. The molecule has 1 aromatic carbocycles. The van der Waals surface area contributed by atoms with Gasteiger partial charge in [0.05, 0.1) is 37.2 Å². The SMILES string of the molecule is CCOSC(=O)CC(=S)N(c1c(C)cccc1C)C(C)C(=O)OC. The number of anilines is 1. The van der Waals surface area contributed by atoms with Crippen LogP contribution in [0.5, 0.6) is 0 Å². The Morgan fingerprint density at radius 1 is 1.29 bits per heavy atom. The molecule has 0 amide bonds. The van der Waals surface area contributed by atoms with Gasteiger partial charge >= 0.3 is 5.97 Å². The fourth-order valence-electron chi connectivity index (χ4n) is 2.36. The minimum absolute atomic E-state index is 0.00904. The molecule has 0 saturated carbocycles. The third kappa shape index (κ3) is 5.29. The molecule has 1 rings (SSSR count). The molecule has 24 heavy (non-hydrogen) atoms. The lowest BCUT2D eigenvalue weighted by atomic mass is 10.1. The summed E-state index contributed by atoms with van der Waals surface area (Å²) in [5, 5.41) is -0.199. The summed E-state index contributed by atoms with van der Waals surface area (Å²) in [5.74, 6) is -0.412. The molecule has 0 heterocycles. The molecule has 132 valence electrons. The fourth-order valence-corrected chi connectivity index (χ4v) is 3.28. The van der Waals surface area contributed by atoms with E-state index in [1.165, 1.54) is 7.11 Å². The average Bonchev–Trinajstić information content (AvgIpc) is 2.54. The van der Waals surface area contributed by atoms with Crippen LogP contribution in [0, 0.1) is 13.8 Å². The summed E-state index contributed by atoms with van der Waals surface area (Å²) in [7, 11) is 1.33. The van der Waals surface area contributed by atoms with E-state index in [0.29, 0.717) is 11.6 Å². The van der Waals surface area contributed by atoms with Gasteiger partial charge in [0, 0.05) is 5.69 Å². The van der Waals surface area contributed by atoms with Crippen molar-refractivity contribution in [2.75, 3.05) is 18.6 Å². The maximum atomic E-state index is 12.1. The van der Waals surface area contributed by atoms with Crippen molar-refractivity contribution >= 4 is 46.0 Å². The number of aryl methyl sites for hydroxylation is 2. The number of hydrogen-bond donors (Lipinski definition) is 0. The van der Waals surface area contributed by atoms with Crippen molar-refractivity contribution in [1.82, 2.24) is 0 Å². The largest absolute Gasteiger partial charge is 0.467 e. The highest BCUT2D eigenvalue weighted by Gasteiger charge is 2.29. The Labute approximate surface area is 152 Å². The van der Waals surface area contributed by atoms with Crippen molar-refractivity contribution in [1.29, 1.82) is 0 Å². The van der Waals surface area contributed by atoms with E-state index in [-0.39, 0.29) is 11.5 Å². The van der Waals surface area contributed by atoms with Crippen molar-refractivity contribution in [3.8, 4) is 0 Å². The number of carbonyl (C=O) groups excluding carboxylic acids is 2. The second-order valence-corrected chi connectivity index (χ2v) is 6.57. The topological polar surface area (TPSA) is 55.8 Å². The van der Waals surface area contributed by atoms with E-state index in [1.54, 1.807) is 18.7 Å². The number of thiocarbonyl (C=S) groups is 1. The molecule has 7 heteroatoms. The summed E-state index contributed by atoms with van der Waals surface area (Å²) in [4.78, 5) is 26.1. The third-order valence-electron chi connectivity index (χ3n) is 3.44. The number of benzene rings is 1. The average molecular weight is 370 g/mol. The van der Waals surface area contributed by atoms with Crippen LogP contribution in [0.25, 0.3) is 0 Å². The summed E-state index contributed by atoms with van der Waals surface area (Å²) in [6.45, 7) is 7.84. The Hall–Kier alpha value is -1.44. The molecule has 0 aliphatic heterocycles. The highest BCUT2D eigenvalue weighted by atomic mass is 32.2. The van der Waals surface area contributed by atoms with Gasteiger partial charge in [0.1, 0.15) is 6.04 Å². The van der Waals surface area contributed by atoms with Gasteiger partial charge in [-0.3, -0.25) is 4.79 Å². The second kappa shape index (κ2) is 9.76. The number of methoxy groups -OCH3 is 1. The zero-order valence-electron chi connectivity index (χ0n) is 14.6. The van der Waals surface area contributed by atoms with Crippen LogP contribution in [0.2, 0.25) is 0 Å².